The molecule has 0 bridgehead atoms. The topological polar surface area (TPSA) is 41.5 Å². The number of benzene rings is 2. The van der Waals surface area contributed by atoms with Crippen LogP contribution < -0.4 is 5.43 Å². The molecule has 2 aromatic rings. The molecule has 22 heavy (non-hydrogen) atoms. The second-order valence-electron chi connectivity index (χ2n) is 4.94. The molecule has 0 aliphatic heterocycles. The lowest BCUT2D eigenvalue weighted by atomic mass is 10.1. The first-order valence-corrected chi connectivity index (χ1v) is 8.19. The average Bonchev–Trinajstić information content (AvgIpc) is 2.52. The maximum absolute atomic E-state index is 11.8. The molecule has 0 spiro atoms. The lowest BCUT2D eigenvalue weighted by molar-refractivity contribution is 0.0954. The third kappa shape index (κ3) is 5.20. The molecule has 0 atom stereocenters. The lowest BCUT2D eigenvalue weighted by Crippen LogP contribution is -2.18. The highest BCUT2D eigenvalue weighted by Gasteiger charge is 2.04. The minimum absolute atomic E-state index is 0.196. The van der Waals surface area contributed by atoms with Gasteiger partial charge in [-0.3, -0.25) is 4.79 Å². The number of halogens is 1. The Morgan fingerprint density at radius 2 is 1.73 bits per heavy atom. The molecule has 0 heterocycles. The van der Waals surface area contributed by atoms with Gasteiger partial charge in [0.25, 0.3) is 5.91 Å². The van der Waals surface area contributed by atoms with Crippen LogP contribution in [0, 0.1) is 0 Å². The van der Waals surface area contributed by atoms with Gasteiger partial charge in [-0.1, -0.05) is 23.7 Å². The Balaban J connectivity index is 1.92. The van der Waals surface area contributed by atoms with E-state index in [4.69, 9.17) is 11.6 Å². The van der Waals surface area contributed by atoms with Gasteiger partial charge in [0.15, 0.2) is 0 Å². The predicted molar refractivity (Wildman–Crippen MR) is 93.7 cm³/mol. The summed E-state index contributed by atoms with van der Waals surface area (Å²) in [5.74, 6) is 0.647. The Hall–Kier alpha value is -1.78. The summed E-state index contributed by atoms with van der Waals surface area (Å²) in [5.41, 5.74) is 5.08. The van der Waals surface area contributed by atoms with Crippen molar-refractivity contribution in [3.8, 4) is 0 Å². The maximum atomic E-state index is 11.8. The molecule has 1 N–H and O–H groups in total. The van der Waals surface area contributed by atoms with Gasteiger partial charge in [0.05, 0.1) is 0 Å². The summed E-state index contributed by atoms with van der Waals surface area (Å²) in [7, 11) is 0. The lowest BCUT2D eigenvalue weighted by Gasteiger charge is -2.04. The van der Waals surface area contributed by atoms with Crippen LogP contribution in [0.1, 0.15) is 29.8 Å². The fourth-order valence-electron chi connectivity index (χ4n) is 1.68. The van der Waals surface area contributed by atoms with Gasteiger partial charge in [0, 0.05) is 26.9 Å². The molecule has 0 fully saturated rings. The number of hydrogen-bond acceptors (Lipinski definition) is 3. The van der Waals surface area contributed by atoms with Gasteiger partial charge in [-0.2, -0.15) is 5.10 Å². The van der Waals surface area contributed by atoms with E-state index in [0.29, 0.717) is 5.56 Å². The molecule has 2 rings (SSSR count). The van der Waals surface area contributed by atoms with E-state index in [9.17, 15) is 4.79 Å². The number of rotatable bonds is 5. The van der Waals surface area contributed by atoms with Crippen LogP contribution in [0.15, 0.2) is 58.5 Å². The molecular weight excluding hydrogens is 316 g/mol. The van der Waals surface area contributed by atoms with Crippen molar-refractivity contribution in [3.63, 3.8) is 0 Å². The van der Waals surface area contributed by atoms with E-state index in [0.717, 1.165) is 22.1 Å². The molecule has 0 aromatic heterocycles. The normalized spacial score (nSPS) is 10.1. The highest BCUT2D eigenvalue weighted by Crippen LogP contribution is 2.24. The summed E-state index contributed by atoms with van der Waals surface area (Å²) in [4.78, 5) is 13.0. The molecule has 3 nitrogen and oxygen atoms in total. The number of hydrogen-bond donors (Lipinski definition) is 1. The predicted octanol–water partition coefficient (Wildman–Crippen LogP) is 4.76. The number of hydrazone groups is 1. The maximum Gasteiger partial charge on any atom is 0.271 e. The molecule has 0 saturated heterocycles. The number of nitrogens with zero attached hydrogens (tertiary/aromatic N) is 1. The summed E-state index contributed by atoms with van der Waals surface area (Å²) in [6, 6.07) is 15.3. The van der Waals surface area contributed by atoms with Crippen LogP contribution in [0.5, 0.6) is 0 Å². The standard InChI is InChI=1S/C17H17ClN2OS/c1-12(2)19-20-17(21)14-5-3-13(4-6-14)11-22-16-9-7-15(18)8-10-16/h3-10H,11H2,1-2H3,(H,20,21). The zero-order chi connectivity index (χ0) is 15.9. The van der Waals surface area contributed by atoms with Crippen LogP contribution in [0.25, 0.3) is 0 Å². The Bertz CT molecular complexity index is 662. The quantitative estimate of drug-likeness (QED) is 0.487. The first-order valence-electron chi connectivity index (χ1n) is 6.83. The van der Waals surface area contributed by atoms with Crippen LogP contribution >= 0.6 is 23.4 Å². The van der Waals surface area contributed by atoms with Crippen molar-refractivity contribution in [2.45, 2.75) is 24.5 Å². The van der Waals surface area contributed by atoms with Crippen molar-refractivity contribution >= 4 is 35.0 Å². The van der Waals surface area contributed by atoms with Crippen LogP contribution in [-0.4, -0.2) is 11.6 Å². The van der Waals surface area contributed by atoms with Crippen LogP contribution in [0.2, 0.25) is 5.02 Å². The van der Waals surface area contributed by atoms with Gasteiger partial charge in [-0.25, -0.2) is 5.43 Å². The first-order chi connectivity index (χ1) is 10.5. The van der Waals surface area contributed by atoms with Gasteiger partial charge in [0.2, 0.25) is 0 Å². The molecule has 114 valence electrons. The van der Waals surface area contributed by atoms with E-state index in [1.54, 1.807) is 11.8 Å². The molecule has 0 aliphatic carbocycles. The number of carbonyl (C=O) groups excluding carboxylic acids is 1. The third-order valence-corrected chi connectivity index (χ3v) is 4.15. The van der Waals surface area contributed by atoms with Crippen LogP contribution in [0.3, 0.4) is 0 Å². The molecule has 0 aliphatic rings. The van der Waals surface area contributed by atoms with E-state index >= 15 is 0 Å². The van der Waals surface area contributed by atoms with Crippen molar-refractivity contribution in [2.24, 2.45) is 5.10 Å². The van der Waals surface area contributed by atoms with E-state index in [-0.39, 0.29) is 5.91 Å². The summed E-state index contributed by atoms with van der Waals surface area (Å²) in [6.07, 6.45) is 0. The van der Waals surface area contributed by atoms with Gasteiger partial charge in [0.1, 0.15) is 0 Å². The number of amides is 1. The van der Waals surface area contributed by atoms with Crippen molar-refractivity contribution in [1.82, 2.24) is 5.43 Å². The molecule has 0 saturated carbocycles. The smallest absolute Gasteiger partial charge is 0.267 e. The summed E-state index contributed by atoms with van der Waals surface area (Å²) < 4.78 is 0. The monoisotopic (exact) mass is 332 g/mol. The van der Waals surface area contributed by atoms with Gasteiger partial charge < -0.3 is 0 Å². The zero-order valence-electron chi connectivity index (χ0n) is 12.5. The van der Waals surface area contributed by atoms with Crippen LogP contribution in [-0.2, 0) is 5.75 Å². The molecule has 0 radical (unpaired) electrons. The van der Waals surface area contributed by atoms with Gasteiger partial charge in [-0.15, -0.1) is 11.8 Å². The van der Waals surface area contributed by atoms with E-state index < -0.39 is 0 Å². The third-order valence-electron chi connectivity index (χ3n) is 2.82. The summed E-state index contributed by atoms with van der Waals surface area (Å²) >= 11 is 7.59. The Morgan fingerprint density at radius 3 is 2.32 bits per heavy atom. The Labute approximate surface area is 139 Å². The summed E-state index contributed by atoms with van der Waals surface area (Å²) in [6.45, 7) is 3.66. The fourth-order valence-corrected chi connectivity index (χ4v) is 2.66. The SMILES string of the molecule is CC(C)=NNC(=O)c1ccc(CSc2ccc(Cl)cc2)cc1. The van der Waals surface area contributed by atoms with Gasteiger partial charge >= 0.3 is 0 Å². The van der Waals surface area contributed by atoms with Gasteiger partial charge in [-0.05, 0) is 55.8 Å². The molecule has 1 amide bonds. The Morgan fingerprint density at radius 1 is 1.09 bits per heavy atom. The highest BCUT2D eigenvalue weighted by molar-refractivity contribution is 7.98. The Kier molecular flexibility index (Phi) is 6.04. The molecular formula is C17H17ClN2OS. The van der Waals surface area contributed by atoms with Crippen molar-refractivity contribution in [3.05, 3.63) is 64.7 Å². The first kappa shape index (κ1) is 16.6. The van der Waals surface area contributed by atoms with E-state index in [2.05, 4.69) is 10.5 Å². The molecule has 2 aromatic carbocycles. The average molecular weight is 333 g/mol. The summed E-state index contributed by atoms with van der Waals surface area (Å²) in [5, 5.41) is 4.65. The van der Waals surface area contributed by atoms with E-state index in [1.165, 1.54) is 4.90 Å². The fraction of sp³-hybridized carbons (Fsp3) is 0.176. The second-order valence-corrected chi connectivity index (χ2v) is 6.42. The van der Waals surface area contributed by atoms with Crippen molar-refractivity contribution in [1.29, 1.82) is 0 Å². The highest BCUT2D eigenvalue weighted by atomic mass is 35.5. The minimum Gasteiger partial charge on any atom is -0.267 e. The largest absolute Gasteiger partial charge is 0.271 e. The van der Waals surface area contributed by atoms with E-state index in [1.807, 2.05) is 62.4 Å². The minimum atomic E-state index is -0.196. The number of nitrogens with one attached hydrogen (secondary N) is 1. The molecule has 5 heteroatoms. The second kappa shape index (κ2) is 8.01. The number of thioether (sulfide) groups is 1. The van der Waals surface area contributed by atoms with Crippen LogP contribution in [0.4, 0.5) is 0 Å². The molecule has 0 unspecified atom stereocenters. The zero-order valence-corrected chi connectivity index (χ0v) is 14.0. The number of carbonyl (C=O) groups is 1. The van der Waals surface area contributed by atoms with Crippen molar-refractivity contribution < 1.29 is 4.79 Å². The van der Waals surface area contributed by atoms with Crippen molar-refractivity contribution in [2.75, 3.05) is 0 Å².